The van der Waals surface area contributed by atoms with Gasteiger partial charge in [0.05, 0.1) is 0 Å². The summed E-state index contributed by atoms with van der Waals surface area (Å²) in [4.78, 5) is 11.1. The maximum atomic E-state index is 13.4. The second kappa shape index (κ2) is 4.93. The highest BCUT2D eigenvalue weighted by Crippen LogP contribution is 2.22. The van der Waals surface area contributed by atoms with Crippen LogP contribution in [0, 0.1) is 12.7 Å². The molecule has 0 aliphatic rings. The fraction of sp³-hybridized carbons (Fsp3) is 0.118. The van der Waals surface area contributed by atoms with Crippen molar-refractivity contribution < 1.29 is 9.18 Å². The first-order chi connectivity index (χ1) is 9.69. The monoisotopic (exact) mass is 267 g/mol. The van der Waals surface area contributed by atoms with Gasteiger partial charge in [-0.15, -0.1) is 0 Å². The Morgan fingerprint density at radius 3 is 2.80 bits per heavy atom. The van der Waals surface area contributed by atoms with E-state index in [0.29, 0.717) is 12.1 Å². The predicted octanol–water partition coefficient (Wildman–Crippen LogP) is 3.95. The molecule has 0 unspecified atom stereocenters. The molecule has 1 heterocycles. The van der Waals surface area contributed by atoms with Gasteiger partial charge in [0.2, 0.25) is 0 Å². The van der Waals surface area contributed by atoms with Crippen LogP contribution in [0.5, 0.6) is 0 Å². The molecular formula is C17H14FNO. The second-order valence-corrected chi connectivity index (χ2v) is 4.92. The number of rotatable bonds is 3. The van der Waals surface area contributed by atoms with E-state index in [1.165, 1.54) is 6.07 Å². The van der Waals surface area contributed by atoms with Gasteiger partial charge >= 0.3 is 0 Å². The summed E-state index contributed by atoms with van der Waals surface area (Å²) in [6.45, 7) is 2.51. The van der Waals surface area contributed by atoms with E-state index >= 15 is 0 Å². The normalized spacial score (nSPS) is 10.9. The Balaban J connectivity index is 2.11. The average Bonchev–Trinajstić information content (AvgIpc) is 2.81. The number of benzene rings is 2. The lowest BCUT2D eigenvalue weighted by atomic mass is 10.1. The van der Waals surface area contributed by atoms with Crippen LogP contribution < -0.4 is 0 Å². The van der Waals surface area contributed by atoms with Crippen LogP contribution in [0.2, 0.25) is 0 Å². The molecular weight excluding hydrogens is 253 g/mol. The Morgan fingerprint density at radius 2 is 2.00 bits per heavy atom. The average molecular weight is 267 g/mol. The number of aryl methyl sites for hydroxylation is 1. The molecule has 0 N–H and O–H groups in total. The van der Waals surface area contributed by atoms with Gasteiger partial charge in [-0.05, 0) is 36.2 Å². The zero-order valence-corrected chi connectivity index (χ0v) is 11.1. The summed E-state index contributed by atoms with van der Waals surface area (Å²) < 4.78 is 15.4. The highest BCUT2D eigenvalue weighted by atomic mass is 19.1. The molecule has 0 atom stereocenters. The second-order valence-electron chi connectivity index (χ2n) is 4.92. The van der Waals surface area contributed by atoms with Crippen molar-refractivity contribution in [2.75, 3.05) is 0 Å². The summed E-state index contributed by atoms with van der Waals surface area (Å²) in [7, 11) is 0. The summed E-state index contributed by atoms with van der Waals surface area (Å²) in [5.41, 5.74) is 3.60. The Hall–Kier alpha value is -2.42. The molecule has 0 fully saturated rings. The fourth-order valence-corrected chi connectivity index (χ4v) is 2.49. The number of hydrogen-bond donors (Lipinski definition) is 0. The van der Waals surface area contributed by atoms with Gasteiger partial charge in [-0.2, -0.15) is 0 Å². The third-order valence-corrected chi connectivity index (χ3v) is 3.60. The van der Waals surface area contributed by atoms with Gasteiger partial charge in [0.1, 0.15) is 5.82 Å². The third-order valence-electron chi connectivity index (χ3n) is 3.60. The van der Waals surface area contributed by atoms with Crippen LogP contribution in [0.25, 0.3) is 10.9 Å². The molecule has 100 valence electrons. The van der Waals surface area contributed by atoms with Gasteiger partial charge in [-0.1, -0.05) is 24.3 Å². The van der Waals surface area contributed by atoms with E-state index in [9.17, 15) is 9.18 Å². The van der Waals surface area contributed by atoms with Crippen molar-refractivity contribution in [2.24, 2.45) is 0 Å². The summed E-state index contributed by atoms with van der Waals surface area (Å²) in [6, 6.07) is 12.5. The van der Waals surface area contributed by atoms with E-state index in [0.717, 1.165) is 28.3 Å². The third kappa shape index (κ3) is 2.11. The van der Waals surface area contributed by atoms with E-state index in [1.54, 1.807) is 12.1 Å². The van der Waals surface area contributed by atoms with E-state index in [4.69, 9.17) is 0 Å². The molecule has 0 spiro atoms. The molecule has 0 aliphatic heterocycles. The van der Waals surface area contributed by atoms with Crippen LogP contribution in [0.3, 0.4) is 0 Å². The number of para-hydroxylation sites is 1. The van der Waals surface area contributed by atoms with Crippen molar-refractivity contribution in [1.29, 1.82) is 0 Å². The van der Waals surface area contributed by atoms with Gasteiger partial charge in [-0.25, -0.2) is 4.39 Å². The van der Waals surface area contributed by atoms with Crippen molar-refractivity contribution >= 4 is 17.2 Å². The van der Waals surface area contributed by atoms with Crippen LogP contribution in [0.4, 0.5) is 4.39 Å². The first-order valence-electron chi connectivity index (χ1n) is 6.47. The minimum Gasteiger partial charge on any atom is -0.342 e. The quantitative estimate of drug-likeness (QED) is 0.659. The number of carbonyl (C=O) groups excluding carboxylic acids is 1. The number of nitrogens with zero attached hydrogens (tertiary/aromatic N) is 1. The highest BCUT2D eigenvalue weighted by molar-refractivity contribution is 5.97. The number of aldehydes is 1. The highest BCUT2D eigenvalue weighted by Gasteiger charge is 2.09. The number of fused-ring (bicyclic) bond motifs is 1. The zero-order valence-electron chi connectivity index (χ0n) is 11.1. The summed E-state index contributed by atoms with van der Waals surface area (Å²) in [6.07, 6.45) is 2.68. The predicted molar refractivity (Wildman–Crippen MR) is 77.6 cm³/mol. The smallest absolute Gasteiger partial charge is 0.152 e. The molecule has 0 aliphatic carbocycles. The minimum atomic E-state index is -0.238. The van der Waals surface area contributed by atoms with Crippen molar-refractivity contribution in [3.63, 3.8) is 0 Å². The Kier molecular flexibility index (Phi) is 3.11. The van der Waals surface area contributed by atoms with E-state index in [1.807, 2.05) is 42.0 Å². The molecule has 0 bridgehead atoms. The number of aromatic nitrogens is 1. The first kappa shape index (κ1) is 12.6. The molecule has 3 heteroatoms. The molecule has 0 amide bonds. The summed E-state index contributed by atoms with van der Waals surface area (Å²) in [5.74, 6) is -0.238. The maximum Gasteiger partial charge on any atom is 0.152 e. The van der Waals surface area contributed by atoms with Gasteiger partial charge in [-0.3, -0.25) is 4.79 Å². The van der Waals surface area contributed by atoms with Crippen molar-refractivity contribution in [3.05, 3.63) is 71.2 Å². The molecule has 0 radical (unpaired) electrons. The van der Waals surface area contributed by atoms with Crippen LogP contribution in [-0.4, -0.2) is 10.9 Å². The van der Waals surface area contributed by atoms with Crippen molar-refractivity contribution in [2.45, 2.75) is 13.5 Å². The van der Waals surface area contributed by atoms with Gasteiger partial charge in [0, 0.05) is 29.2 Å². The van der Waals surface area contributed by atoms with Gasteiger partial charge < -0.3 is 4.57 Å². The zero-order chi connectivity index (χ0) is 14.1. The van der Waals surface area contributed by atoms with Crippen LogP contribution >= 0.6 is 0 Å². The molecule has 1 aromatic heterocycles. The van der Waals surface area contributed by atoms with Gasteiger partial charge in [0.15, 0.2) is 6.29 Å². The Labute approximate surface area is 116 Å². The number of carbonyl (C=O) groups is 1. The Morgan fingerprint density at radius 1 is 1.20 bits per heavy atom. The Bertz CT molecular complexity index is 789. The molecule has 0 saturated heterocycles. The summed E-state index contributed by atoms with van der Waals surface area (Å²) >= 11 is 0. The minimum absolute atomic E-state index is 0.238. The molecule has 0 saturated carbocycles. The largest absolute Gasteiger partial charge is 0.342 e. The molecule has 3 rings (SSSR count). The molecule has 3 aromatic rings. The van der Waals surface area contributed by atoms with Crippen LogP contribution in [-0.2, 0) is 6.54 Å². The van der Waals surface area contributed by atoms with Crippen molar-refractivity contribution in [3.8, 4) is 0 Å². The lowest BCUT2D eigenvalue weighted by Crippen LogP contribution is -2.00. The fourth-order valence-electron chi connectivity index (χ4n) is 2.49. The van der Waals surface area contributed by atoms with E-state index in [-0.39, 0.29) is 5.82 Å². The molecule has 2 nitrogen and oxygen atoms in total. The topological polar surface area (TPSA) is 22.0 Å². The van der Waals surface area contributed by atoms with Crippen molar-refractivity contribution in [1.82, 2.24) is 4.57 Å². The summed E-state index contributed by atoms with van der Waals surface area (Å²) in [5, 5.41) is 0.927. The van der Waals surface area contributed by atoms with Crippen LogP contribution in [0.1, 0.15) is 21.5 Å². The number of hydrogen-bond acceptors (Lipinski definition) is 1. The molecule has 2 aromatic carbocycles. The van der Waals surface area contributed by atoms with E-state index in [2.05, 4.69) is 0 Å². The number of halogens is 1. The van der Waals surface area contributed by atoms with Crippen LogP contribution in [0.15, 0.2) is 48.7 Å². The lowest BCUT2D eigenvalue weighted by Gasteiger charge is -2.08. The SMILES string of the molecule is Cc1ccc(F)cc1Cn1cc(C=O)c2ccccc21. The first-order valence-corrected chi connectivity index (χ1v) is 6.47. The standard InChI is InChI=1S/C17H14FNO/c1-12-6-7-15(18)8-13(12)9-19-10-14(11-20)16-4-2-3-5-17(16)19/h2-8,10-11H,9H2,1H3. The maximum absolute atomic E-state index is 13.4. The molecule has 20 heavy (non-hydrogen) atoms. The lowest BCUT2D eigenvalue weighted by molar-refractivity contribution is 0.112. The van der Waals surface area contributed by atoms with E-state index < -0.39 is 0 Å². The van der Waals surface area contributed by atoms with Gasteiger partial charge in [0.25, 0.3) is 0 Å².